The minimum Gasteiger partial charge on any atom is -0.467 e. The molecule has 0 saturated carbocycles. The normalized spacial score (nSPS) is 14.9. The molecule has 2 amide bonds. The van der Waals surface area contributed by atoms with Crippen LogP contribution in [0.25, 0.3) is 0 Å². The zero-order chi connectivity index (χ0) is 25.9. The van der Waals surface area contributed by atoms with E-state index in [1.54, 1.807) is 19.2 Å². The number of piperidine rings is 1. The van der Waals surface area contributed by atoms with Gasteiger partial charge in [-0.2, -0.15) is 9.40 Å². The van der Waals surface area contributed by atoms with Crippen LogP contribution in [0.5, 0.6) is 0 Å². The largest absolute Gasteiger partial charge is 0.467 e. The molecule has 0 radical (unpaired) electrons. The van der Waals surface area contributed by atoms with Crippen molar-refractivity contribution in [1.82, 2.24) is 19.4 Å². The lowest BCUT2D eigenvalue weighted by Crippen LogP contribution is -2.41. The summed E-state index contributed by atoms with van der Waals surface area (Å²) in [6, 6.07) is 8.11. The molecule has 190 valence electrons. The molecule has 0 atom stereocenters. The number of carbonyl (C=O) groups excluding carboxylic acids is 2. The number of aromatic nitrogens is 2. The van der Waals surface area contributed by atoms with Gasteiger partial charge in [-0.15, -0.1) is 0 Å². The van der Waals surface area contributed by atoms with Crippen molar-refractivity contribution < 1.29 is 27.3 Å². The first kappa shape index (κ1) is 25.1. The summed E-state index contributed by atoms with van der Waals surface area (Å²) in [5.74, 6) is -0.713. The van der Waals surface area contributed by atoms with Crippen LogP contribution >= 0.6 is 0 Å². The Labute approximate surface area is 206 Å². The fraction of sp³-hybridized carbons (Fsp3) is 0.318. The first-order valence-corrected chi connectivity index (χ1v) is 12.5. The van der Waals surface area contributed by atoms with Crippen LogP contribution in [0.4, 0.5) is 11.4 Å². The van der Waals surface area contributed by atoms with E-state index in [4.69, 9.17) is 4.42 Å². The Hall–Kier alpha value is -4.04. The number of nitro groups is 1. The molecule has 13 nitrogen and oxygen atoms in total. The number of hydrogen-bond donors (Lipinski definition) is 2. The van der Waals surface area contributed by atoms with Gasteiger partial charge in [0.15, 0.2) is 5.69 Å². The highest BCUT2D eigenvalue weighted by atomic mass is 32.2. The number of nitrogens with zero attached hydrogens (tertiary/aromatic N) is 4. The monoisotopic (exact) mass is 516 g/mol. The third-order valence-corrected chi connectivity index (χ3v) is 7.73. The minimum absolute atomic E-state index is 0.0448. The highest BCUT2D eigenvalue weighted by Gasteiger charge is 2.33. The van der Waals surface area contributed by atoms with Crippen molar-refractivity contribution in [2.24, 2.45) is 13.0 Å². The van der Waals surface area contributed by atoms with Gasteiger partial charge in [-0.05, 0) is 37.1 Å². The van der Waals surface area contributed by atoms with E-state index >= 15 is 0 Å². The van der Waals surface area contributed by atoms with Gasteiger partial charge in [0.05, 0.1) is 28.3 Å². The first-order valence-electron chi connectivity index (χ1n) is 11.0. The molecular weight excluding hydrogens is 492 g/mol. The van der Waals surface area contributed by atoms with Crippen molar-refractivity contribution in [2.45, 2.75) is 24.3 Å². The third kappa shape index (κ3) is 5.44. The summed E-state index contributed by atoms with van der Waals surface area (Å²) in [6.07, 6.45) is 3.57. The molecule has 2 N–H and O–H groups in total. The van der Waals surface area contributed by atoms with E-state index in [1.165, 1.54) is 33.6 Å². The molecule has 0 unspecified atom stereocenters. The van der Waals surface area contributed by atoms with E-state index in [1.807, 2.05) is 0 Å². The number of furan rings is 1. The average molecular weight is 517 g/mol. The van der Waals surface area contributed by atoms with Gasteiger partial charge in [-0.3, -0.25) is 24.4 Å². The Morgan fingerprint density at radius 3 is 2.50 bits per heavy atom. The number of aryl methyl sites for hydroxylation is 1. The number of hydrogen-bond acceptors (Lipinski definition) is 8. The average Bonchev–Trinajstić information content (AvgIpc) is 3.52. The number of nitro benzene ring substituents is 1. The molecule has 36 heavy (non-hydrogen) atoms. The summed E-state index contributed by atoms with van der Waals surface area (Å²) in [6.45, 7) is 0.388. The lowest BCUT2D eigenvalue weighted by molar-refractivity contribution is -0.384. The number of anilines is 1. The van der Waals surface area contributed by atoms with Gasteiger partial charge in [-0.25, -0.2) is 8.42 Å². The van der Waals surface area contributed by atoms with E-state index in [2.05, 4.69) is 15.7 Å². The molecule has 1 saturated heterocycles. The molecule has 4 rings (SSSR count). The number of non-ortho nitro benzene ring substituents is 1. The number of sulfonamides is 1. The Balaban J connectivity index is 1.36. The van der Waals surface area contributed by atoms with Gasteiger partial charge >= 0.3 is 0 Å². The summed E-state index contributed by atoms with van der Waals surface area (Å²) < 4.78 is 33.7. The summed E-state index contributed by atoms with van der Waals surface area (Å²) in [4.78, 5) is 35.7. The van der Waals surface area contributed by atoms with E-state index in [0.29, 0.717) is 5.76 Å². The molecule has 3 heterocycles. The van der Waals surface area contributed by atoms with Gasteiger partial charge in [0, 0.05) is 44.4 Å². The lowest BCUT2D eigenvalue weighted by Gasteiger charge is -2.30. The predicted octanol–water partition coefficient (Wildman–Crippen LogP) is 1.89. The summed E-state index contributed by atoms with van der Waals surface area (Å²) >= 11 is 0. The molecule has 1 aliphatic rings. The summed E-state index contributed by atoms with van der Waals surface area (Å²) in [5.41, 5.74) is 0.102. The van der Waals surface area contributed by atoms with E-state index in [9.17, 15) is 28.1 Å². The van der Waals surface area contributed by atoms with Crippen molar-refractivity contribution in [3.63, 3.8) is 0 Å². The maximum atomic E-state index is 12.9. The topological polar surface area (TPSA) is 170 Å². The zero-order valence-corrected chi connectivity index (χ0v) is 20.1. The molecule has 14 heteroatoms. The highest BCUT2D eigenvalue weighted by molar-refractivity contribution is 7.89. The lowest BCUT2D eigenvalue weighted by atomic mass is 9.97. The van der Waals surface area contributed by atoms with Crippen LogP contribution in [0, 0.1) is 16.0 Å². The van der Waals surface area contributed by atoms with Crippen LogP contribution in [-0.4, -0.2) is 52.3 Å². The zero-order valence-electron chi connectivity index (χ0n) is 19.3. The number of nitrogens with one attached hydrogen (secondary N) is 2. The Bertz CT molecular complexity index is 1360. The van der Waals surface area contributed by atoms with Gasteiger partial charge < -0.3 is 15.1 Å². The maximum absolute atomic E-state index is 12.9. The predicted molar refractivity (Wildman–Crippen MR) is 126 cm³/mol. The molecule has 0 spiro atoms. The second-order valence-electron chi connectivity index (χ2n) is 8.25. The Morgan fingerprint density at radius 2 is 1.89 bits per heavy atom. The quantitative estimate of drug-likeness (QED) is 0.338. The van der Waals surface area contributed by atoms with Crippen LogP contribution in [-0.2, 0) is 28.4 Å². The maximum Gasteiger partial charge on any atom is 0.274 e. The number of amides is 2. The molecular formula is C22H24N6O7S. The Morgan fingerprint density at radius 1 is 1.19 bits per heavy atom. The molecule has 1 aliphatic heterocycles. The smallest absolute Gasteiger partial charge is 0.274 e. The standard InChI is InChI=1S/C22H24N6O7S/c1-26-14-19(20(25-26)22(30)23-13-17-3-2-12-35-17)24-21(29)15-8-10-27(11-9-15)36(33,34)18-6-4-16(5-7-18)28(31)32/h2-7,12,14-15H,8-11,13H2,1H3,(H,23,30)(H,24,29). The van der Waals surface area contributed by atoms with E-state index in [-0.39, 0.29) is 60.3 Å². The second kappa shape index (κ2) is 10.3. The Kier molecular flexibility index (Phi) is 7.17. The van der Waals surface area contributed by atoms with Crippen molar-refractivity contribution in [1.29, 1.82) is 0 Å². The molecule has 1 fully saturated rings. The number of rotatable bonds is 8. The van der Waals surface area contributed by atoms with E-state index < -0.39 is 26.8 Å². The van der Waals surface area contributed by atoms with Gasteiger partial charge in [-0.1, -0.05) is 0 Å². The van der Waals surface area contributed by atoms with Gasteiger partial charge in [0.2, 0.25) is 15.9 Å². The number of benzene rings is 1. The van der Waals surface area contributed by atoms with E-state index in [0.717, 1.165) is 12.1 Å². The molecule has 0 bridgehead atoms. The van der Waals surface area contributed by atoms with Crippen LogP contribution < -0.4 is 10.6 Å². The van der Waals surface area contributed by atoms with Crippen molar-refractivity contribution in [3.05, 3.63) is 70.4 Å². The van der Waals surface area contributed by atoms with Crippen molar-refractivity contribution >= 4 is 33.2 Å². The molecule has 0 aliphatic carbocycles. The van der Waals surface area contributed by atoms with Crippen LogP contribution in [0.3, 0.4) is 0 Å². The minimum atomic E-state index is -3.85. The summed E-state index contributed by atoms with van der Waals surface area (Å²) in [5, 5.41) is 20.4. The second-order valence-corrected chi connectivity index (χ2v) is 10.2. The first-order chi connectivity index (χ1) is 17.1. The van der Waals surface area contributed by atoms with Gasteiger partial charge in [0.1, 0.15) is 5.76 Å². The van der Waals surface area contributed by atoms with Crippen LogP contribution in [0.15, 0.2) is 58.2 Å². The van der Waals surface area contributed by atoms with Crippen molar-refractivity contribution in [2.75, 3.05) is 18.4 Å². The fourth-order valence-electron chi connectivity index (χ4n) is 3.89. The number of carbonyl (C=O) groups is 2. The third-order valence-electron chi connectivity index (χ3n) is 5.82. The highest BCUT2D eigenvalue weighted by Crippen LogP contribution is 2.26. The summed E-state index contributed by atoms with van der Waals surface area (Å²) in [7, 11) is -2.22. The van der Waals surface area contributed by atoms with Gasteiger partial charge in [0.25, 0.3) is 11.6 Å². The van der Waals surface area contributed by atoms with Crippen LogP contribution in [0.1, 0.15) is 29.1 Å². The molecule has 3 aromatic rings. The van der Waals surface area contributed by atoms with Crippen LogP contribution in [0.2, 0.25) is 0 Å². The molecule has 2 aromatic heterocycles. The SMILES string of the molecule is Cn1cc(NC(=O)C2CCN(S(=O)(=O)c3ccc([N+](=O)[O-])cc3)CC2)c(C(=O)NCc2ccco2)n1. The van der Waals surface area contributed by atoms with Crippen molar-refractivity contribution in [3.8, 4) is 0 Å². The molecule has 1 aromatic carbocycles. The fourth-order valence-corrected chi connectivity index (χ4v) is 5.36.